The van der Waals surface area contributed by atoms with E-state index in [1.807, 2.05) is 0 Å². The monoisotopic (exact) mass is 386 g/mol. The number of nitrogens with zero attached hydrogens (tertiary/aromatic N) is 4. The molecule has 8 heteroatoms. The molecule has 2 aromatic heterocycles. The fourth-order valence-corrected chi connectivity index (χ4v) is 3.77. The van der Waals surface area contributed by atoms with E-state index in [9.17, 15) is 13.2 Å². The zero-order valence-electron chi connectivity index (χ0n) is 14.4. The minimum atomic E-state index is -0.748. The standard InChI is InChI=1S/C19H13F3N4S/c1-10-23-16(11-6-3-4-7-12(11)20)17(27-10)19-24-18(25-26(19)2)15-13(21)8-5-9-14(15)22/h3-9H,1-2H3. The molecule has 0 unspecified atom stereocenters. The van der Waals surface area contributed by atoms with E-state index in [2.05, 4.69) is 15.1 Å². The first-order chi connectivity index (χ1) is 13.0. The summed E-state index contributed by atoms with van der Waals surface area (Å²) in [7, 11) is 1.62. The molecule has 0 aliphatic rings. The fourth-order valence-electron chi connectivity index (χ4n) is 2.81. The maximum absolute atomic E-state index is 14.3. The molecule has 0 bridgehead atoms. The highest BCUT2D eigenvalue weighted by Crippen LogP contribution is 2.37. The first kappa shape index (κ1) is 17.4. The van der Waals surface area contributed by atoms with Crippen LogP contribution in [0.1, 0.15) is 5.01 Å². The zero-order chi connectivity index (χ0) is 19.1. The third-order valence-corrected chi connectivity index (χ3v) is 4.98. The van der Waals surface area contributed by atoms with Gasteiger partial charge in [-0.2, -0.15) is 5.10 Å². The summed E-state index contributed by atoms with van der Waals surface area (Å²) in [6, 6.07) is 9.87. The molecule has 0 spiro atoms. The fraction of sp³-hybridized carbons (Fsp3) is 0.105. The molecule has 136 valence electrons. The smallest absolute Gasteiger partial charge is 0.187 e. The average molecular weight is 386 g/mol. The van der Waals surface area contributed by atoms with Crippen molar-refractivity contribution >= 4 is 11.3 Å². The number of aromatic nitrogens is 4. The Labute approximate surface area is 157 Å². The van der Waals surface area contributed by atoms with Crippen molar-refractivity contribution in [3.8, 4) is 33.3 Å². The predicted molar refractivity (Wildman–Crippen MR) is 97.6 cm³/mol. The Morgan fingerprint density at radius 3 is 2.26 bits per heavy atom. The highest BCUT2D eigenvalue weighted by atomic mass is 32.1. The molecular weight excluding hydrogens is 373 g/mol. The van der Waals surface area contributed by atoms with Crippen molar-refractivity contribution < 1.29 is 13.2 Å². The van der Waals surface area contributed by atoms with Gasteiger partial charge in [-0.1, -0.05) is 18.2 Å². The van der Waals surface area contributed by atoms with Gasteiger partial charge in [0.15, 0.2) is 11.6 Å². The van der Waals surface area contributed by atoms with Gasteiger partial charge in [-0.05, 0) is 31.2 Å². The molecule has 2 heterocycles. The van der Waals surface area contributed by atoms with Crippen LogP contribution in [0.25, 0.3) is 33.3 Å². The van der Waals surface area contributed by atoms with E-state index in [4.69, 9.17) is 0 Å². The molecule has 4 aromatic rings. The molecule has 0 fully saturated rings. The molecular formula is C19H13F3N4S. The summed E-state index contributed by atoms with van der Waals surface area (Å²) in [5.41, 5.74) is 0.457. The number of thiazole rings is 1. The summed E-state index contributed by atoms with van der Waals surface area (Å²) in [5, 5.41) is 4.87. The van der Waals surface area contributed by atoms with Crippen LogP contribution in [0.2, 0.25) is 0 Å². The van der Waals surface area contributed by atoms with Gasteiger partial charge in [0.05, 0.1) is 21.1 Å². The average Bonchev–Trinajstić information content (AvgIpc) is 3.18. The van der Waals surface area contributed by atoms with Crippen LogP contribution in [-0.4, -0.2) is 19.7 Å². The van der Waals surface area contributed by atoms with E-state index < -0.39 is 17.5 Å². The van der Waals surface area contributed by atoms with Crippen LogP contribution in [0, 0.1) is 24.4 Å². The lowest BCUT2D eigenvalue weighted by atomic mass is 10.1. The van der Waals surface area contributed by atoms with Crippen molar-refractivity contribution in [1.29, 1.82) is 0 Å². The molecule has 0 N–H and O–H groups in total. The van der Waals surface area contributed by atoms with Gasteiger partial charge >= 0.3 is 0 Å². The summed E-state index contributed by atoms with van der Waals surface area (Å²) in [6.07, 6.45) is 0. The number of hydrogen-bond donors (Lipinski definition) is 0. The van der Waals surface area contributed by atoms with E-state index in [0.717, 1.165) is 12.1 Å². The summed E-state index contributed by atoms with van der Waals surface area (Å²) < 4.78 is 43.9. The van der Waals surface area contributed by atoms with Crippen molar-refractivity contribution in [2.45, 2.75) is 6.92 Å². The van der Waals surface area contributed by atoms with Crippen LogP contribution < -0.4 is 0 Å². The Kier molecular flexibility index (Phi) is 4.27. The lowest BCUT2D eigenvalue weighted by Crippen LogP contribution is -1.95. The third-order valence-electron chi connectivity index (χ3n) is 4.02. The quantitative estimate of drug-likeness (QED) is 0.498. The Bertz CT molecular complexity index is 1130. The normalized spacial score (nSPS) is 11.1. The van der Waals surface area contributed by atoms with E-state index in [0.29, 0.717) is 27.0 Å². The zero-order valence-corrected chi connectivity index (χ0v) is 15.2. The van der Waals surface area contributed by atoms with Crippen LogP contribution in [-0.2, 0) is 7.05 Å². The molecule has 0 radical (unpaired) electrons. The minimum Gasteiger partial charge on any atom is -0.248 e. The van der Waals surface area contributed by atoms with Crippen molar-refractivity contribution in [2.75, 3.05) is 0 Å². The van der Waals surface area contributed by atoms with E-state index in [1.165, 1.54) is 28.2 Å². The van der Waals surface area contributed by atoms with Gasteiger partial charge in [0, 0.05) is 12.6 Å². The van der Waals surface area contributed by atoms with Crippen molar-refractivity contribution in [3.05, 3.63) is 64.9 Å². The SMILES string of the molecule is Cc1nc(-c2ccccc2F)c(-c2nc(-c3c(F)cccc3F)nn2C)s1. The first-order valence-corrected chi connectivity index (χ1v) is 8.85. The van der Waals surface area contributed by atoms with Crippen molar-refractivity contribution in [3.63, 3.8) is 0 Å². The summed E-state index contributed by atoms with van der Waals surface area (Å²) >= 11 is 1.31. The number of rotatable bonds is 3. The summed E-state index contributed by atoms with van der Waals surface area (Å²) in [4.78, 5) is 9.33. The van der Waals surface area contributed by atoms with Gasteiger partial charge in [0.1, 0.15) is 17.5 Å². The molecule has 0 saturated heterocycles. The highest BCUT2D eigenvalue weighted by Gasteiger charge is 2.23. The van der Waals surface area contributed by atoms with Gasteiger partial charge in [0.2, 0.25) is 0 Å². The van der Waals surface area contributed by atoms with Crippen LogP contribution >= 0.6 is 11.3 Å². The maximum atomic E-state index is 14.3. The van der Waals surface area contributed by atoms with E-state index in [-0.39, 0.29) is 11.4 Å². The lowest BCUT2D eigenvalue weighted by Gasteiger charge is -2.03. The second kappa shape index (κ2) is 6.62. The Hall–Kier alpha value is -3.00. The second-order valence-electron chi connectivity index (χ2n) is 5.87. The van der Waals surface area contributed by atoms with E-state index >= 15 is 0 Å². The summed E-state index contributed by atoms with van der Waals surface area (Å²) in [6.45, 7) is 1.80. The van der Waals surface area contributed by atoms with Crippen LogP contribution in [0.4, 0.5) is 13.2 Å². The first-order valence-electron chi connectivity index (χ1n) is 8.04. The molecule has 2 aromatic carbocycles. The number of halogens is 3. The van der Waals surface area contributed by atoms with Crippen LogP contribution in [0.15, 0.2) is 42.5 Å². The van der Waals surface area contributed by atoms with Gasteiger partial charge < -0.3 is 0 Å². The van der Waals surface area contributed by atoms with E-state index in [1.54, 1.807) is 32.2 Å². The van der Waals surface area contributed by atoms with Crippen molar-refractivity contribution in [2.24, 2.45) is 7.05 Å². The molecule has 4 nitrogen and oxygen atoms in total. The highest BCUT2D eigenvalue weighted by molar-refractivity contribution is 7.15. The number of benzene rings is 2. The summed E-state index contributed by atoms with van der Waals surface area (Å²) in [5.74, 6) is -1.62. The number of hydrogen-bond acceptors (Lipinski definition) is 4. The largest absolute Gasteiger partial charge is 0.248 e. The molecule has 0 aliphatic carbocycles. The molecule has 0 saturated carbocycles. The molecule has 4 rings (SSSR count). The molecule has 0 aliphatic heterocycles. The third kappa shape index (κ3) is 3.02. The Morgan fingerprint density at radius 1 is 0.889 bits per heavy atom. The molecule has 0 atom stereocenters. The van der Waals surface area contributed by atoms with Crippen LogP contribution in [0.5, 0.6) is 0 Å². The van der Waals surface area contributed by atoms with Crippen molar-refractivity contribution in [1.82, 2.24) is 19.7 Å². The lowest BCUT2D eigenvalue weighted by molar-refractivity contribution is 0.587. The maximum Gasteiger partial charge on any atom is 0.187 e. The van der Waals surface area contributed by atoms with Gasteiger partial charge in [-0.3, -0.25) is 0 Å². The van der Waals surface area contributed by atoms with Crippen LogP contribution in [0.3, 0.4) is 0 Å². The molecule has 0 amide bonds. The second-order valence-corrected chi connectivity index (χ2v) is 7.07. The Balaban J connectivity index is 1.90. The predicted octanol–water partition coefficient (Wildman–Crippen LogP) is 5.00. The van der Waals surface area contributed by atoms with Gasteiger partial charge in [-0.15, -0.1) is 11.3 Å². The Morgan fingerprint density at radius 2 is 1.56 bits per heavy atom. The topological polar surface area (TPSA) is 43.6 Å². The van der Waals surface area contributed by atoms with Gasteiger partial charge in [0.25, 0.3) is 0 Å². The number of aryl methyl sites for hydroxylation is 2. The molecule has 27 heavy (non-hydrogen) atoms. The minimum absolute atomic E-state index is 0.0753. The van der Waals surface area contributed by atoms with Gasteiger partial charge in [-0.25, -0.2) is 27.8 Å².